The first-order valence-corrected chi connectivity index (χ1v) is 9.40. The molecular weight excluding hydrogens is 374 g/mol. The van der Waals surface area contributed by atoms with E-state index in [0.29, 0.717) is 23.0 Å². The standard InChI is InChI=1S/C22H24ClN3O2/c1-14-6-5-7-19(10-14)26-15(2)11-17(16(26)3)13-24-22(27)25-20-12-18(23)8-9-21(20)28-4/h5-12H,13H2,1-4H3,(H2,24,25,27). The summed E-state index contributed by atoms with van der Waals surface area (Å²) in [7, 11) is 1.55. The molecule has 0 unspecified atom stereocenters. The van der Waals surface area contributed by atoms with Gasteiger partial charge in [-0.15, -0.1) is 0 Å². The minimum Gasteiger partial charge on any atom is -0.495 e. The summed E-state index contributed by atoms with van der Waals surface area (Å²) in [5.74, 6) is 0.553. The largest absolute Gasteiger partial charge is 0.495 e. The van der Waals surface area contributed by atoms with E-state index in [2.05, 4.69) is 60.2 Å². The topological polar surface area (TPSA) is 55.3 Å². The molecule has 2 amide bonds. The van der Waals surface area contributed by atoms with Gasteiger partial charge in [-0.05, 0) is 68.3 Å². The number of methoxy groups -OCH3 is 1. The highest BCUT2D eigenvalue weighted by Crippen LogP contribution is 2.27. The number of urea groups is 1. The van der Waals surface area contributed by atoms with Gasteiger partial charge in [0.15, 0.2) is 0 Å². The van der Waals surface area contributed by atoms with Gasteiger partial charge >= 0.3 is 6.03 Å². The van der Waals surface area contributed by atoms with E-state index in [9.17, 15) is 4.79 Å². The summed E-state index contributed by atoms with van der Waals surface area (Å²) >= 11 is 6.01. The molecule has 2 aromatic carbocycles. The third-order valence-corrected chi connectivity index (χ3v) is 4.88. The molecule has 0 saturated heterocycles. The van der Waals surface area contributed by atoms with Crippen molar-refractivity contribution in [3.63, 3.8) is 0 Å². The van der Waals surface area contributed by atoms with Gasteiger partial charge in [0.1, 0.15) is 5.75 Å². The van der Waals surface area contributed by atoms with Gasteiger partial charge in [0.05, 0.1) is 12.8 Å². The number of benzene rings is 2. The highest BCUT2D eigenvalue weighted by molar-refractivity contribution is 6.31. The van der Waals surface area contributed by atoms with Gasteiger partial charge in [-0.1, -0.05) is 23.7 Å². The van der Waals surface area contributed by atoms with E-state index in [0.717, 1.165) is 22.6 Å². The van der Waals surface area contributed by atoms with Crippen molar-refractivity contribution in [2.45, 2.75) is 27.3 Å². The van der Waals surface area contributed by atoms with Crippen LogP contribution in [-0.2, 0) is 6.54 Å². The van der Waals surface area contributed by atoms with E-state index in [-0.39, 0.29) is 6.03 Å². The van der Waals surface area contributed by atoms with E-state index in [1.54, 1.807) is 25.3 Å². The summed E-state index contributed by atoms with van der Waals surface area (Å²) in [6.07, 6.45) is 0. The van der Waals surface area contributed by atoms with Crippen molar-refractivity contribution < 1.29 is 9.53 Å². The summed E-state index contributed by atoms with van der Waals surface area (Å²) < 4.78 is 7.45. The summed E-state index contributed by atoms with van der Waals surface area (Å²) in [5, 5.41) is 6.21. The quantitative estimate of drug-likeness (QED) is 0.606. The van der Waals surface area contributed by atoms with Crippen LogP contribution in [0.1, 0.15) is 22.5 Å². The minimum absolute atomic E-state index is 0.319. The molecule has 0 spiro atoms. The van der Waals surface area contributed by atoms with Crippen molar-refractivity contribution in [2.24, 2.45) is 0 Å². The number of aryl methyl sites for hydroxylation is 2. The van der Waals surface area contributed by atoms with Crippen LogP contribution in [0.2, 0.25) is 5.02 Å². The number of anilines is 1. The van der Waals surface area contributed by atoms with E-state index >= 15 is 0 Å². The number of nitrogens with one attached hydrogen (secondary N) is 2. The smallest absolute Gasteiger partial charge is 0.319 e. The van der Waals surface area contributed by atoms with E-state index < -0.39 is 0 Å². The average molecular weight is 398 g/mol. The molecule has 146 valence electrons. The minimum atomic E-state index is -0.319. The van der Waals surface area contributed by atoms with Crippen molar-refractivity contribution in [3.05, 3.63) is 76.1 Å². The van der Waals surface area contributed by atoms with Crippen molar-refractivity contribution in [1.29, 1.82) is 0 Å². The Labute approximate surface area is 170 Å². The molecule has 1 heterocycles. The van der Waals surface area contributed by atoms with Crippen molar-refractivity contribution in [1.82, 2.24) is 9.88 Å². The lowest BCUT2D eigenvalue weighted by Gasteiger charge is -2.12. The number of amides is 2. The van der Waals surface area contributed by atoms with Crippen molar-refractivity contribution in [3.8, 4) is 11.4 Å². The molecule has 0 saturated carbocycles. The predicted molar refractivity (Wildman–Crippen MR) is 114 cm³/mol. The average Bonchev–Trinajstić information content (AvgIpc) is 2.93. The lowest BCUT2D eigenvalue weighted by Crippen LogP contribution is -2.28. The highest BCUT2D eigenvalue weighted by atomic mass is 35.5. The fourth-order valence-electron chi connectivity index (χ4n) is 3.29. The zero-order chi connectivity index (χ0) is 20.3. The first-order valence-electron chi connectivity index (χ1n) is 9.02. The van der Waals surface area contributed by atoms with Gasteiger partial charge < -0.3 is 19.9 Å². The van der Waals surface area contributed by atoms with Gasteiger partial charge in [0.25, 0.3) is 0 Å². The van der Waals surface area contributed by atoms with Gasteiger partial charge in [-0.25, -0.2) is 4.79 Å². The number of nitrogens with zero attached hydrogens (tertiary/aromatic N) is 1. The van der Waals surface area contributed by atoms with E-state index in [1.807, 2.05) is 6.07 Å². The summed E-state index contributed by atoms with van der Waals surface area (Å²) in [5.41, 5.74) is 6.14. The molecule has 0 aliphatic rings. The van der Waals surface area contributed by atoms with Gasteiger partial charge in [0, 0.05) is 28.6 Å². The van der Waals surface area contributed by atoms with Crippen LogP contribution < -0.4 is 15.4 Å². The summed E-state index contributed by atoms with van der Waals surface area (Å²) in [6, 6.07) is 15.2. The third-order valence-electron chi connectivity index (χ3n) is 4.64. The Morgan fingerprint density at radius 2 is 1.89 bits per heavy atom. The second kappa shape index (κ2) is 8.40. The lowest BCUT2D eigenvalue weighted by atomic mass is 10.2. The monoisotopic (exact) mass is 397 g/mol. The van der Waals surface area contributed by atoms with Crippen LogP contribution in [0.25, 0.3) is 5.69 Å². The van der Waals surface area contributed by atoms with Gasteiger partial charge in [-0.2, -0.15) is 0 Å². The van der Waals surface area contributed by atoms with Crippen molar-refractivity contribution >= 4 is 23.3 Å². The Hall–Kier alpha value is -2.92. The predicted octanol–water partition coefficient (Wildman–Crippen LogP) is 5.39. The van der Waals surface area contributed by atoms with Crippen LogP contribution in [-0.4, -0.2) is 17.7 Å². The number of rotatable bonds is 5. The molecule has 3 aromatic rings. The number of carbonyl (C=O) groups is 1. The Kier molecular flexibility index (Phi) is 5.95. The van der Waals surface area contributed by atoms with Crippen LogP contribution in [0.4, 0.5) is 10.5 Å². The van der Waals surface area contributed by atoms with Gasteiger partial charge in [0.2, 0.25) is 0 Å². The molecule has 3 rings (SSSR count). The number of hydrogen-bond acceptors (Lipinski definition) is 2. The molecule has 0 aliphatic heterocycles. The Morgan fingerprint density at radius 1 is 1.11 bits per heavy atom. The maximum absolute atomic E-state index is 12.4. The number of aromatic nitrogens is 1. The second-order valence-electron chi connectivity index (χ2n) is 6.72. The first kappa shape index (κ1) is 19.8. The van der Waals surface area contributed by atoms with Crippen molar-refractivity contribution in [2.75, 3.05) is 12.4 Å². The number of halogens is 1. The fraction of sp³-hybridized carbons (Fsp3) is 0.227. The Balaban J connectivity index is 1.72. The molecule has 6 heteroatoms. The third kappa shape index (κ3) is 4.31. The molecule has 0 atom stereocenters. The van der Waals surface area contributed by atoms with Gasteiger partial charge in [-0.3, -0.25) is 0 Å². The maximum atomic E-state index is 12.4. The summed E-state index contributed by atoms with van der Waals surface area (Å²) in [6.45, 7) is 6.62. The van der Waals surface area contributed by atoms with Crippen LogP contribution in [0.5, 0.6) is 5.75 Å². The second-order valence-corrected chi connectivity index (χ2v) is 7.16. The zero-order valence-electron chi connectivity index (χ0n) is 16.5. The molecular formula is C22H24ClN3O2. The zero-order valence-corrected chi connectivity index (χ0v) is 17.2. The van der Waals surface area contributed by atoms with Crippen LogP contribution >= 0.6 is 11.6 Å². The molecule has 0 bridgehead atoms. The molecule has 0 aliphatic carbocycles. The molecule has 28 heavy (non-hydrogen) atoms. The molecule has 0 fully saturated rings. The normalized spacial score (nSPS) is 10.6. The Bertz CT molecular complexity index is 1010. The van der Waals surface area contributed by atoms with E-state index in [1.165, 1.54) is 5.56 Å². The lowest BCUT2D eigenvalue weighted by molar-refractivity contribution is 0.251. The summed E-state index contributed by atoms with van der Waals surface area (Å²) in [4.78, 5) is 12.4. The maximum Gasteiger partial charge on any atom is 0.319 e. The fourth-order valence-corrected chi connectivity index (χ4v) is 3.46. The molecule has 5 nitrogen and oxygen atoms in total. The highest BCUT2D eigenvalue weighted by Gasteiger charge is 2.13. The van der Waals surface area contributed by atoms with E-state index in [4.69, 9.17) is 16.3 Å². The number of ether oxygens (including phenoxy) is 1. The number of carbonyl (C=O) groups excluding carboxylic acids is 1. The molecule has 0 radical (unpaired) electrons. The van der Waals surface area contributed by atoms with Crippen LogP contribution in [0, 0.1) is 20.8 Å². The SMILES string of the molecule is COc1ccc(Cl)cc1NC(=O)NCc1cc(C)n(-c2cccc(C)c2)c1C. The molecule has 2 N–H and O–H groups in total. The first-order chi connectivity index (χ1) is 13.4. The number of hydrogen-bond donors (Lipinski definition) is 2. The molecule has 1 aromatic heterocycles. The van der Waals surface area contributed by atoms with Crippen LogP contribution in [0.3, 0.4) is 0 Å². The van der Waals surface area contributed by atoms with Crippen LogP contribution in [0.15, 0.2) is 48.5 Å². The Morgan fingerprint density at radius 3 is 2.61 bits per heavy atom.